The molecule has 138 valence electrons. The number of aromatic nitrogens is 3. The number of carbonyl (C=O) groups is 1. The molecule has 1 amide bonds. The minimum Gasteiger partial charge on any atom is -0.369 e. The van der Waals surface area contributed by atoms with Crippen LogP contribution in [0.3, 0.4) is 0 Å². The van der Waals surface area contributed by atoms with E-state index in [-0.39, 0.29) is 5.92 Å². The van der Waals surface area contributed by atoms with Gasteiger partial charge in [0.1, 0.15) is 5.52 Å². The average Bonchev–Trinajstić information content (AvgIpc) is 2.73. The average molecular weight is 354 g/mol. The Balaban J connectivity index is 1.44. The fraction of sp³-hybridized carbons (Fsp3) is 0.579. The van der Waals surface area contributed by atoms with Crippen molar-refractivity contribution in [3.63, 3.8) is 0 Å². The molecular weight excluding hydrogens is 328 g/mol. The Hall–Kier alpha value is -2.28. The number of amides is 1. The Bertz CT molecular complexity index is 773. The van der Waals surface area contributed by atoms with E-state index >= 15 is 0 Å². The van der Waals surface area contributed by atoms with Gasteiger partial charge in [0, 0.05) is 51.7 Å². The smallest absolute Gasteiger partial charge is 0.227 e. The lowest BCUT2D eigenvalue weighted by atomic mass is 9.95. The number of nitrogens with zero attached hydrogens (tertiary/aromatic N) is 6. The maximum atomic E-state index is 13.0. The molecule has 0 bridgehead atoms. The summed E-state index contributed by atoms with van der Waals surface area (Å²) in [5.74, 6) is 0.397. The van der Waals surface area contributed by atoms with Crippen molar-refractivity contribution in [1.82, 2.24) is 24.8 Å². The maximum absolute atomic E-state index is 13.0. The molecule has 4 rings (SSSR count). The van der Waals surface area contributed by atoms with Gasteiger partial charge in [-0.15, -0.1) is 0 Å². The van der Waals surface area contributed by atoms with Crippen LogP contribution < -0.4 is 4.90 Å². The van der Waals surface area contributed by atoms with Gasteiger partial charge in [0.05, 0.1) is 17.8 Å². The summed E-state index contributed by atoms with van der Waals surface area (Å²) in [6.07, 6.45) is 7.20. The zero-order chi connectivity index (χ0) is 17.9. The number of likely N-dealkylation sites (N-methyl/N-ethyl adjacent to an activating group) is 1. The zero-order valence-electron chi connectivity index (χ0n) is 15.3. The number of anilines is 1. The third-order valence-corrected chi connectivity index (χ3v) is 5.58. The van der Waals surface area contributed by atoms with Gasteiger partial charge in [-0.1, -0.05) is 6.92 Å². The number of fused-ring (bicyclic) bond motifs is 1. The molecule has 0 radical (unpaired) electrons. The molecule has 26 heavy (non-hydrogen) atoms. The number of rotatable bonds is 3. The number of hydrogen-bond donors (Lipinski definition) is 0. The maximum Gasteiger partial charge on any atom is 0.227 e. The molecule has 0 saturated carbocycles. The normalized spacial score (nSPS) is 22.0. The molecule has 7 heteroatoms. The second-order valence-corrected chi connectivity index (χ2v) is 7.14. The van der Waals surface area contributed by atoms with E-state index in [1.54, 1.807) is 12.4 Å². The van der Waals surface area contributed by atoms with Crippen molar-refractivity contribution in [1.29, 1.82) is 0 Å². The van der Waals surface area contributed by atoms with Crippen molar-refractivity contribution in [2.45, 2.75) is 19.8 Å². The molecule has 2 aromatic heterocycles. The summed E-state index contributed by atoms with van der Waals surface area (Å²) < 4.78 is 0. The Morgan fingerprint density at radius 1 is 1.12 bits per heavy atom. The van der Waals surface area contributed by atoms with Gasteiger partial charge in [0.25, 0.3) is 0 Å². The van der Waals surface area contributed by atoms with Crippen LogP contribution >= 0.6 is 0 Å². The van der Waals surface area contributed by atoms with Crippen LogP contribution in [0.15, 0.2) is 24.7 Å². The highest BCUT2D eigenvalue weighted by atomic mass is 16.2. The van der Waals surface area contributed by atoms with Gasteiger partial charge in [0.15, 0.2) is 5.65 Å². The van der Waals surface area contributed by atoms with Gasteiger partial charge in [-0.05, 0) is 25.5 Å². The third-order valence-electron chi connectivity index (χ3n) is 5.58. The second kappa shape index (κ2) is 7.53. The molecule has 4 heterocycles. The van der Waals surface area contributed by atoms with Crippen molar-refractivity contribution >= 4 is 22.8 Å². The molecule has 0 unspecified atom stereocenters. The highest BCUT2D eigenvalue weighted by Gasteiger charge is 2.31. The van der Waals surface area contributed by atoms with Gasteiger partial charge < -0.3 is 14.7 Å². The first-order valence-electron chi connectivity index (χ1n) is 9.57. The molecule has 2 fully saturated rings. The number of hydrogen-bond acceptors (Lipinski definition) is 6. The lowest BCUT2D eigenvalue weighted by molar-refractivity contribution is -0.137. The van der Waals surface area contributed by atoms with Crippen LogP contribution in [0.1, 0.15) is 19.8 Å². The molecule has 0 spiro atoms. The first-order valence-corrected chi connectivity index (χ1v) is 9.57. The summed E-state index contributed by atoms with van der Waals surface area (Å²) in [5, 5.41) is 0. The van der Waals surface area contributed by atoms with Crippen LogP contribution in [0, 0.1) is 5.92 Å². The minimum atomic E-state index is 0.0782. The molecule has 0 N–H and O–H groups in total. The second-order valence-electron chi connectivity index (χ2n) is 7.14. The lowest BCUT2D eigenvalue weighted by Crippen LogP contribution is -2.52. The van der Waals surface area contributed by atoms with E-state index < -0.39 is 0 Å². The van der Waals surface area contributed by atoms with Crippen LogP contribution in [0.2, 0.25) is 0 Å². The molecule has 2 saturated heterocycles. The van der Waals surface area contributed by atoms with Crippen LogP contribution in [-0.4, -0.2) is 76.5 Å². The topological polar surface area (TPSA) is 65.5 Å². The highest BCUT2D eigenvalue weighted by Crippen LogP contribution is 2.25. The van der Waals surface area contributed by atoms with E-state index in [0.717, 1.165) is 69.9 Å². The van der Waals surface area contributed by atoms with Crippen molar-refractivity contribution in [3.8, 4) is 0 Å². The first kappa shape index (κ1) is 17.1. The zero-order valence-corrected chi connectivity index (χ0v) is 15.3. The highest BCUT2D eigenvalue weighted by molar-refractivity contribution is 5.80. The Morgan fingerprint density at radius 2 is 1.92 bits per heavy atom. The summed E-state index contributed by atoms with van der Waals surface area (Å²) in [6, 6.07) is 2.03. The van der Waals surface area contributed by atoms with Crippen molar-refractivity contribution in [2.75, 3.05) is 50.7 Å². The molecule has 2 aromatic rings. The van der Waals surface area contributed by atoms with E-state index in [1.165, 1.54) is 0 Å². The number of pyridine rings is 1. The number of carbonyl (C=O) groups excluding carboxylic acids is 1. The minimum absolute atomic E-state index is 0.0782. The van der Waals surface area contributed by atoms with Gasteiger partial charge in [-0.25, -0.2) is 9.97 Å². The van der Waals surface area contributed by atoms with Crippen molar-refractivity contribution in [2.24, 2.45) is 5.92 Å². The molecule has 7 nitrogen and oxygen atoms in total. The van der Waals surface area contributed by atoms with E-state index in [1.807, 2.05) is 12.3 Å². The lowest BCUT2D eigenvalue weighted by Gasteiger charge is -2.39. The third kappa shape index (κ3) is 3.49. The summed E-state index contributed by atoms with van der Waals surface area (Å²) in [6.45, 7) is 8.67. The largest absolute Gasteiger partial charge is 0.369 e. The predicted molar refractivity (Wildman–Crippen MR) is 101 cm³/mol. The van der Waals surface area contributed by atoms with Crippen LogP contribution in [0.5, 0.6) is 0 Å². The number of piperidine rings is 1. The monoisotopic (exact) mass is 354 g/mol. The van der Waals surface area contributed by atoms with E-state index in [2.05, 4.69) is 36.6 Å². The summed E-state index contributed by atoms with van der Waals surface area (Å²) in [5.41, 5.74) is 2.50. The molecule has 0 aromatic carbocycles. The Morgan fingerprint density at radius 3 is 2.73 bits per heavy atom. The van der Waals surface area contributed by atoms with Gasteiger partial charge in [-0.2, -0.15) is 0 Å². The Kier molecular flexibility index (Phi) is 4.97. The molecule has 2 aliphatic rings. The fourth-order valence-electron chi connectivity index (χ4n) is 3.98. The van der Waals surface area contributed by atoms with Gasteiger partial charge in [-0.3, -0.25) is 9.78 Å². The number of piperazine rings is 1. The standard InChI is InChI=1S/C19H26N6O/c1-2-23-8-10-24(11-9-23)19(26)15-4-3-7-25(14-15)16-12-17-18(22-13-16)21-6-5-20-17/h5-6,12-13,15H,2-4,7-11,14H2,1H3/t15-/m0/s1. The van der Waals surface area contributed by atoms with E-state index in [0.29, 0.717) is 11.6 Å². The Labute approximate surface area is 154 Å². The predicted octanol–water partition coefficient (Wildman–Crippen LogP) is 1.41. The van der Waals surface area contributed by atoms with E-state index in [9.17, 15) is 4.79 Å². The summed E-state index contributed by atoms with van der Waals surface area (Å²) in [7, 11) is 0. The van der Waals surface area contributed by atoms with Crippen LogP contribution in [0.25, 0.3) is 11.2 Å². The fourth-order valence-corrected chi connectivity index (χ4v) is 3.98. The quantitative estimate of drug-likeness (QED) is 0.830. The van der Waals surface area contributed by atoms with Crippen LogP contribution in [-0.2, 0) is 4.79 Å². The summed E-state index contributed by atoms with van der Waals surface area (Å²) in [4.78, 5) is 32.7. The molecule has 0 aliphatic carbocycles. The summed E-state index contributed by atoms with van der Waals surface area (Å²) >= 11 is 0. The first-order chi connectivity index (χ1) is 12.7. The van der Waals surface area contributed by atoms with Gasteiger partial charge in [0.2, 0.25) is 5.91 Å². The van der Waals surface area contributed by atoms with Crippen molar-refractivity contribution in [3.05, 3.63) is 24.7 Å². The SMILES string of the molecule is CCN1CCN(C(=O)[C@H]2CCCN(c3cnc4nccnc4c3)C2)CC1. The molecule has 2 aliphatic heterocycles. The van der Waals surface area contributed by atoms with Gasteiger partial charge >= 0.3 is 0 Å². The van der Waals surface area contributed by atoms with Crippen LogP contribution in [0.4, 0.5) is 5.69 Å². The molecule has 1 atom stereocenters. The molecular formula is C19H26N6O. The van der Waals surface area contributed by atoms with Crippen molar-refractivity contribution < 1.29 is 4.79 Å². The van der Waals surface area contributed by atoms with E-state index in [4.69, 9.17) is 0 Å².